The summed E-state index contributed by atoms with van der Waals surface area (Å²) in [4.78, 5) is 18.8. The summed E-state index contributed by atoms with van der Waals surface area (Å²) in [7, 11) is 0. The molecule has 1 amide bonds. The van der Waals surface area contributed by atoms with E-state index in [9.17, 15) is 4.79 Å². The Labute approximate surface area is 136 Å². The van der Waals surface area contributed by atoms with Gasteiger partial charge in [-0.25, -0.2) is 0 Å². The zero-order valence-electron chi connectivity index (χ0n) is 13.6. The van der Waals surface area contributed by atoms with E-state index in [1.165, 1.54) is 5.57 Å². The molecule has 0 aromatic carbocycles. The van der Waals surface area contributed by atoms with Crippen molar-refractivity contribution < 1.29 is 14.1 Å². The fourth-order valence-corrected chi connectivity index (χ4v) is 3.01. The van der Waals surface area contributed by atoms with Gasteiger partial charge in [0.2, 0.25) is 11.8 Å². The van der Waals surface area contributed by atoms with Crippen molar-refractivity contribution >= 4 is 5.91 Å². The van der Waals surface area contributed by atoms with Gasteiger partial charge < -0.3 is 19.5 Å². The van der Waals surface area contributed by atoms with E-state index in [1.54, 1.807) is 6.92 Å². The molecular formula is C16H24N4O3. The Morgan fingerprint density at radius 3 is 3.09 bits per heavy atom. The van der Waals surface area contributed by atoms with Gasteiger partial charge in [-0.05, 0) is 38.2 Å². The standard InChI is InChI=1S/C16H24N4O3/c1-12-18-15(23-19-12)10-20-7-3-2-6-14(16(20)21)17-9-13-5-4-8-22-11-13/h5,14,17H,2-4,6-11H2,1H3. The lowest BCUT2D eigenvalue weighted by molar-refractivity contribution is -0.133. The van der Waals surface area contributed by atoms with Crippen LogP contribution in [0, 0.1) is 6.92 Å². The number of aromatic nitrogens is 2. The maximum atomic E-state index is 12.8. The predicted octanol–water partition coefficient (Wildman–Crippen LogP) is 1.20. The van der Waals surface area contributed by atoms with Crippen LogP contribution in [0.3, 0.4) is 0 Å². The number of rotatable bonds is 5. The molecule has 2 aliphatic heterocycles. The molecule has 0 bridgehead atoms. The van der Waals surface area contributed by atoms with E-state index in [-0.39, 0.29) is 11.9 Å². The average molecular weight is 320 g/mol. The van der Waals surface area contributed by atoms with Crippen LogP contribution in [-0.4, -0.2) is 53.3 Å². The van der Waals surface area contributed by atoms with Crippen LogP contribution < -0.4 is 5.32 Å². The van der Waals surface area contributed by atoms with E-state index in [0.717, 1.165) is 38.8 Å². The second kappa shape index (κ2) is 7.70. The van der Waals surface area contributed by atoms with Gasteiger partial charge in [-0.15, -0.1) is 0 Å². The predicted molar refractivity (Wildman–Crippen MR) is 83.6 cm³/mol. The minimum Gasteiger partial charge on any atom is -0.377 e. The third kappa shape index (κ3) is 4.39. The Balaban J connectivity index is 1.58. The highest BCUT2D eigenvalue weighted by molar-refractivity contribution is 5.82. The molecule has 3 heterocycles. The molecule has 1 atom stereocenters. The van der Waals surface area contributed by atoms with Crippen LogP contribution >= 0.6 is 0 Å². The van der Waals surface area contributed by atoms with E-state index in [0.29, 0.717) is 31.4 Å². The fourth-order valence-electron chi connectivity index (χ4n) is 3.01. The Morgan fingerprint density at radius 1 is 1.43 bits per heavy atom. The highest BCUT2D eigenvalue weighted by atomic mass is 16.5. The van der Waals surface area contributed by atoms with Crippen molar-refractivity contribution in [1.82, 2.24) is 20.4 Å². The monoisotopic (exact) mass is 320 g/mol. The number of hydrogen-bond donors (Lipinski definition) is 1. The topological polar surface area (TPSA) is 80.5 Å². The van der Waals surface area contributed by atoms with Gasteiger partial charge in [-0.2, -0.15) is 4.98 Å². The molecule has 1 saturated heterocycles. The molecule has 1 unspecified atom stereocenters. The van der Waals surface area contributed by atoms with Crippen LogP contribution in [0.25, 0.3) is 0 Å². The maximum Gasteiger partial charge on any atom is 0.246 e. The van der Waals surface area contributed by atoms with E-state index < -0.39 is 0 Å². The van der Waals surface area contributed by atoms with Gasteiger partial charge >= 0.3 is 0 Å². The maximum absolute atomic E-state index is 12.8. The summed E-state index contributed by atoms with van der Waals surface area (Å²) in [6, 6.07) is -0.149. The molecule has 126 valence electrons. The summed E-state index contributed by atoms with van der Waals surface area (Å²) >= 11 is 0. The van der Waals surface area contributed by atoms with Crippen LogP contribution in [0.1, 0.15) is 37.4 Å². The van der Waals surface area contributed by atoms with Crippen molar-refractivity contribution in [2.24, 2.45) is 0 Å². The smallest absolute Gasteiger partial charge is 0.246 e. The summed E-state index contributed by atoms with van der Waals surface area (Å²) in [5.74, 6) is 1.22. The summed E-state index contributed by atoms with van der Waals surface area (Å²) in [6.45, 7) is 5.08. The first kappa shape index (κ1) is 16.1. The molecule has 1 aromatic heterocycles. The minimum absolute atomic E-state index is 0.121. The van der Waals surface area contributed by atoms with Crippen LogP contribution in [-0.2, 0) is 16.1 Å². The second-order valence-corrected chi connectivity index (χ2v) is 6.13. The number of nitrogens with zero attached hydrogens (tertiary/aromatic N) is 3. The quantitative estimate of drug-likeness (QED) is 0.821. The van der Waals surface area contributed by atoms with Crippen LogP contribution in [0.2, 0.25) is 0 Å². The number of amides is 1. The molecule has 2 aliphatic rings. The lowest BCUT2D eigenvalue weighted by Crippen LogP contribution is -2.45. The van der Waals surface area contributed by atoms with E-state index in [1.807, 2.05) is 4.90 Å². The molecule has 7 nitrogen and oxygen atoms in total. The number of hydrogen-bond acceptors (Lipinski definition) is 6. The van der Waals surface area contributed by atoms with Crippen molar-refractivity contribution in [2.45, 2.75) is 45.2 Å². The average Bonchev–Trinajstić information content (AvgIpc) is 2.90. The Bertz CT molecular complexity index is 569. The zero-order chi connectivity index (χ0) is 16.1. The molecule has 0 aliphatic carbocycles. The van der Waals surface area contributed by atoms with E-state index in [4.69, 9.17) is 9.26 Å². The molecule has 1 fully saturated rings. The van der Waals surface area contributed by atoms with Gasteiger partial charge in [0.15, 0.2) is 5.82 Å². The van der Waals surface area contributed by atoms with Gasteiger partial charge in [0.1, 0.15) is 6.54 Å². The Hall–Kier alpha value is -1.73. The molecule has 0 saturated carbocycles. The normalized spacial score (nSPS) is 22.8. The van der Waals surface area contributed by atoms with E-state index in [2.05, 4.69) is 21.5 Å². The van der Waals surface area contributed by atoms with Gasteiger partial charge in [-0.3, -0.25) is 4.79 Å². The Morgan fingerprint density at radius 2 is 2.35 bits per heavy atom. The third-order valence-electron chi connectivity index (χ3n) is 4.23. The lowest BCUT2D eigenvalue weighted by Gasteiger charge is -2.24. The number of nitrogens with one attached hydrogen (secondary N) is 1. The molecule has 1 N–H and O–H groups in total. The Kier molecular flexibility index (Phi) is 5.40. The first-order chi connectivity index (χ1) is 11.2. The first-order valence-electron chi connectivity index (χ1n) is 8.29. The number of likely N-dealkylation sites (tertiary alicyclic amines) is 1. The fraction of sp³-hybridized carbons (Fsp3) is 0.688. The van der Waals surface area contributed by atoms with Crippen molar-refractivity contribution in [2.75, 3.05) is 26.3 Å². The van der Waals surface area contributed by atoms with Gasteiger partial charge in [0.05, 0.1) is 19.3 Å². The van der Waals surface area contributed by atoms with Crippen LogP contribution in [0.4, 0.5) is 0 Å². The summed E-state index contributed by atoms with van der Waals surface area (Å²) < 4.78 is 10.6. The van der Waals surface area contributed by atoms with Crippen molar-refractivity contribution in [3.63, 3.8) is 0 Å². The molecule has 23 heavy (non-hydrogen) atoms. The number of carbonyl (C=O) groups is 1. The first-order valence-corrected chi connectivity index (χ1v) is 8.29. The van der Waals surface area contributed by atoms with Crippen molar-refractivity contribution in [3.05, 3.63) is 23.4 Å². The summed E-state index contributed by atoms with van der Waals surface area (Å²) in [5.41, 5.74) is 1.23. The van der Waals surface area contributed by atoms with E-state index >= 15 is 0 Å². The van der Waals surface area contributed by atoms with Crippen LogP contribution in [0.5, 0.6) is 0 Å². The van der Waals surface area contributed by atoms with Crippen molar-refractivity contribution in [1.29, 1.82) is 0 Å². The zero-order valence-corrected chi connectivity index (χ0v) is 13.6. The van der Waals surface area contributed by atoms with Gasteiger partial charge in [0.25, 0.3) is 0 Å². The van der Waals surface area contributed by atoms with Gasteiger partial charge in [0, 0.05) is 13.1 Å². The SMILES string of the molecule is Cc1noc(CN2CCCCC(NCC3=CCCOC3)C2=O)n1. The third-order valence-corrected chi connectivity index (χ3v) is 4.23. The minimum atomic E-state index is -0.149. The number of carbonyl (C=O) groups excluding carboxylic acids is 1. The molecule has 3 rings (SSSR count). The van der Waals surface area contributed by atoms with Gasteiger partial charge in [-0.1, -0.05) is 11.2 Å². The molecule has 0 radical (unpaired) electrons. The number of ether oxygens (including phenoxy) is 1. The highest BCUT2D eigenvalue weighted by Gasteiger charge is 2.28. The number of aryl methyl sites for hydroxylation is 1. The molecular weight excluding hydrogens is 296 g/mol. The molecule has 7 heteroatoms. The molecule has 0 spiro atoms. The highest BCUT2D eigenvalue weighted by Crippen LogP contribution is 2.15. The van der Waals surface area contributed by atoms with Crippen LogP contribution in [0.15, 0.2) is 16.2 Å². The summed E-state index contributed by atoms with van der Waals surface area (Å²) in [6.07, 6.45) is 6.07. The summed E-state index contributed by atoms with van der Waals surface area (Å²) in [5, 5.41) is 7.18. The molecule has 1 aromatic rings. The largest absolute Gasteiger partial charge is 0.377 e. The lowest BCUT2D eigenvalue weighted by atomic mass is 10.1. The van der Waals surface area contributed by atoms with Crippen molar-refractivity contribution in [3.8, 4) is 0 Å². The second-order valence-electron chi connectivity index (χ2n) is 6.13.